The summed E-state index contributed by atoms with van der Waals surface area (Å²) in [5.41, 5.74) is 6.83. The molecule has 6 nitrogen and oxygen atoms in total. The minimum absolute atomic E-state index is 0.123. The second kappa shape index (κ2) is 9.79. The first-order valence-corrected chi connectivity index (χ1v) is 14.5. The van der Waals surface area contributed by atoms with Gasteiger partial charge in [0.05, 0.1) is 29.4 Å². The van der Waals surface area contributed by atoms with E-state index in [0.29, 0.717) is 10.7 Å². The molecule has 0 aromatic heterocycles. The predicted molar refractivity (Wildman–Crippen MR) is 161 cm³/mol. The Kier molecular flexibility index (Phi) is 6.17. The van der Waals surface area contributed by atoms with E-state index in [2.05, 4.69) is 26.5 Å². The molecule has 4 aliphatic rings. The Morgan fingerprint density at radius 3 is 2.12 bits per heavy atom. The minimum Gasteiger partial charge on any atom is -0.274 e. The molecule has 3 amide bonds. The third kappa shape index (κ3) is 3.90. The van der Waals surface area contributed by atoms with Crippen LogP contribution in [0.15, 0.2) is 107 Å². The van der Waals surface area contributed by atoms with Gasteiger partial charge in [-0.05, 0) is 64.2 Å². The number of halogens is 2. The summed E-state index contributed by atoms with van der Waals surface area (Å²) >= 11 is 9.42. The van der Waals surface area contributed by atoms with Crippen LogP contribution in [0.25, 0.3) is 0 Å². The molecule has 4 aromatic carbocycles. The number of carbonyl (C=O) groups is 3. The molecular formula is C33H23BrClN3O3. The van der Waals surface area contributed by atoms with Gasteiger partial charge in [-0.3, -0.25) is 14.4 Å². The molecule has 8 heteroatoms. The van der Waals surface area contributed by atoms with Crippen molar-refractivity contribution < 1.29 is 14.4 Å². The number of hydrogen-bond donors (Lipinski definition) is 1. The first-order valence-electron chi connectivity index (χ1n) is 13.3. The van der Waals surface area contributed by atoms with Crippen LogP contribution in [-0.2, 0) is 26.2 Å². The normalized spacial score (nSPS) is 23.9. The molecule has 0 radical (unpaired) electrons. The summed E-state index contributed by atoms with van der Waals surface area (Å²) in [5.74, 6) is -2.37. The lowest BCUT2D eigenvalue weighted by Gasteiger charge is -2.52. The summed E-state index contributed by atoms with van der Waals surface area (Å²) in [7, 11) is 0. The maximum Gasteiger partial charge on any atom is 0.244 e. The highest BCUT2D eigenvalue weighted by Crippen LogP contribution is 2.63. The van der Waals surface area contributed by atoms with Crippen molar-refractivity contribution in [3.8, 4) is 0 Å². The lowest BCUT2D eigenvalue weighted by Crippen LogP contribution is -2.54. The molecule has 3 aliphatic carbocycles. The molecule has 1 saturated heterocycles. The average Bonchev–Trinajstić information content (AvgIpc) is 3.25. The summed E-state index contributed by atoms with van der Waals surface area (Å²) in [6.07, 6.45) is 1.80. The number of benzene rings is 4. The Morgan fingerprint density at radius 1 is 0.878 bits per heavy atom. The fourth-order valence-electron chi connectivity index (χ4n) is 6.93. The fraction of sp³-hybridized carbons (Fsp3) is 0.152. The van der Waals surface area contributed by atoms with Crippen molar-refractivity contribution in [3.63, 3.8) is 0 Å². The van der Waals surface area contributed by atoms with Crippen LogP contribution in [0.4, 0.5) is 5.69 Å². The van der Waals surface area contributed by atoms with Crippen LogP contribution < -0.4 is 10.3 Å². The maximum atomic E-state index is 14.3. The molecular weight excluding hydrogens is 602 g/mol. The summed E-state index contributed by atoms with van der Waals surface area (Å²) in [5, 5.41) is 5.06. The van der Waals surface area contributed by atoms with E-state index >= 15 is 0 Å². The van der Waals surface area contributed by atoms with Crippen molar-refractivity contribution in [2.45, 2.75) is 17.8 Å². The van der Waals surface area contributed by atoms with Crippen molar-refractivity contribution in [2.75, 3.05) is 4.90 Å². The summed E-state index contributed by atoms with van der Waals surface area (Å²) in [6, 6.07) is 30.2. The van der Waals surface area contributed by atoms with Gasteiger partial charge in [0, 0.05) is 21.6 Å². The molecule has 0 unspecified atom stereocenters. The van der Waals surface area contributed by atoms with Gasteiger partial charge in [0.1, 0.15) is 0 Å². The second-order valence-electron chi connectivity index (χ2n) is 10.6. The summed E-state index contributed by atoms with van der Waals surface area (Å²) in [4.78, 5) is 42.7. The molecule has 0 saturated carbocycles. The van der Waals surface area contributed by atoms with Crippen molar-refractivity contribution in [1.29, 1.82) is 0 Å². The topological polar surface area (TPSA) is 78.8 Å². The van der Waals surface area contributed by atoms with Gasteiger partial charge in [-0.25, -0.2) is 10.3 Å². The Hall–Kier alpha value is -4.07. The molecule has 8 rings (SSSR count). The highest BCUT2D eigenvalue weighted by molar-refractivity contribution is 9.10. The van der Waals surface area contributed by atoms with Crippen LogP contribution in [0.5, 0.6) is 0 Å². The van der Waals surface area contributed by atoms with Gasteiger partial charge in [-0.1, -0.05) is 88.2 Å². The largest absolute Gasteiger partial charge is 0.274 e. The molecule has 1 N–H and O–H groups in total. The summed E-state index contributed by atoms with van der Waals surface area (Å²) < 4.78 is 0.857. The van der Waals surface area contributed by atoms with Crippen molar-refractivity contribution in [3.05, 3.63) is 134 Å². The van der Waals surface area contributed by atoms with Crippen LogP contribution in [0.1, 0.15) is 33.7 Å². The number of hydrogen-bond acceptors (Lipinski definition) is 4. The average molecular weight is 625 g/mol. The Labute approximate surface area is 250 Å². The molecule has 4 aromatic rings. The van der Waals surface area contributed by atoms with Crippen molar-refractivity contribution in [2.24, 2.45) is 16.9 Å². The van der Waals surface area contributed by atoms with E-state index < -0.39 is 17.3 Å². The number of carbonyl (C=O) groups excluding carboxylic acids is 3. The smallest absolute Gasteiger partial charge is 0.244 e. The lowest BCUT2D eigenvalue weighted by molar-refractivity contribution is -0.123. The zero-order chi connectivity index (χ0) is 28.3. The van der Waals surface area contributed by atoms with Gasteiger partial charge in [-0.2, -0.15) is 5.10 Å². The van der Waals surface area contributed by atoms with Crippen LogP contribution in [-0.4, -0.2) is 23.9 Å². The van der Waals surface area contributed by atoms with E-state index in [1.54, 1.807) is 42.6 Å². The summed E-state index contributed by atoms with van der Waals surface area (Å²) in [6.45, 7) is 0. The number of anilines is 1. The zero-order valence-corrected chi connectivity index (χ0v) is 24.0. The van der Waals surface area contributed by atoms with Crippen LogP contribution in [0.3, 0.4) is 0 Å². The fourth-order valence-corrected chi connectivity index (χ4v) is 7.32. The lowest BCUT2D eigenvalue weighted by atomic mass is 9.47. The standard InChI is InChI=1S/C33H23BrClN3O3/c34-20-11-15-22(16-12-20)38-31(40)29-28-23-5-1-3-7-25(23)33(30(29)32(38)41,26-8-4-2-6-24(26)28)18-36-37-27(39)17-19-9-13-21(35)14-10-19/h1-16,18,28-30H,17H2,(H,37,39)/b36-18-/t28?,29-,30-,33?/m0/s1. The monoisotopic (exact) mass is 623 g/mol. The number of amides is 3. The molecule has 1 fully saturated rings. The van der Waals surface area contributed by atoms with E-state index in [1.807, 2.05) is 60.7 Å². The first kappa shape index (κ1) is 25.9. The molecule has 2 bridgehead atoms. The molecule has 1 aliphatic heterocycles. The Morgan fingerprint density at radius 2 is 1.49 bits per heavy atom. The van der Waals surface area contributed by atoms with E-state index in [1.165, 1.54) is 4.90 Å². The molecule has 1 heterocycles. The van der Waals surface area contributed by atoms with Gasteiger partial charge in [0.15, 0.2) is 0 Å². The SMILES string of the molecule is O=C(Cc1ccc(Cl)cc1)N/N=C\C12c3ccccc3C(c3ccccc31)[C@@H]1C(=O)N(c3ccc(Br)cc3)C(=O)[C@H]12. The van der Waals surface area contributed by atoms with Crippen molar-refractivity contribution in [1.82, 2.24) is 5.43 Å². The second-order valence-corrected chi connectivity index (χ2v) is 12.0. The molecule has 202 valence electrons. The van der Waals surface area contributed by atoms with Crippen LogP contribution >= 0.6 is 27.5 Å². The van der Waals surface area contributed by atoms with Gasteiger partial charge in [0.2, 0.25) is 17.7 Å². The van der Waals surface area contributed by atoms with E-state index in [0.717, 1.165) is 32.3 Å². The first-order chi connectivity index (χ1) is 19.9. The number of hydrazone groups is 1. The van der Waals surface area contributed by atoms with Gasteiger partial charge < -0.3 is 0 Å². The van der Waals surface area contributed by atoms with Crippen molar-refractivity contribution >= 4 is 57.2 Å². The van der Waals surface area contributed by atoms with Gasteiger partial charge in [-0.15, -0.1) is 0 Å². The van der Waals surface area contributed by atoms with Gasteiger partial charge >= 0.3 is 0 Å². The molecule has 41 heavy (non-hydrogen) atoms. The van der Waals surface area contributed by atoms with Crippen LogP contribution in [0.2, 0.25) is 5.02 Å². The number of rotatable bonds is 5. The van der Waals surface area contributed by atoms with E-state index in [9.17, 15) is 14.4 Å². The number of imide groups is 1. The minimum atomic E-state index is -1.04. The van der Waals surface area contributed by atoms with Crippen LogP contribution in [0, 0.1) is 11.8 Å². The zero-order valence-electron chi connectivity index (χ0n) is 21.6. The number of nitrogens with one attached hydrogen (secondary N) is 1. The predicted octanol–water partition coefficient (Wildman–Crippen LogP) is 6.00. The number of nitrogens with zero attached hydrogens (tertiary/aromatic N) is 2. The highest BCUT2D eigenvalue weighted by Gasteiger charge is 2.68. The van der Waals surface area contributed by atoms with E-state index in [-0.39, 0.29) is 30.1 Å². The van der Waals surface area contributed by atoms with Gasteiger partial charge in [0.25, 0.3) is 0 Å². The molecule has 2 atom stereocenters. The Bertz CT molecular complexity index is 1710. The van der Waals surface area contributed by atoms with E-state index in [4.69, 9.17) is 11.6 Å². The highest BCUT2D eigenvalue weighted by atomic mass is 79.9. The molecule has 0 spiro atoms. The Balaban J connectivity index is 1.34. The maximum absolute atomic E-state index is 14.3. The third-order valence-corrected chi connectivity index (χ3v) is 9.28. The third-order valence-electron chi connectivity index (χ3n) is 8.50. The quantitative estimate of drug-likeness (QED) is 0.168.